The van der Waals surface area contributed by atoms with Crippen molar-refractivity contribution in [3.05, 3.63) is 33.2 Å². The summed E-state index contributed by atoms with van der Waals surface area (Å²) >= 11 is 13.9. The minimum Gasteiger partial charge on any atom is -0.337 e. The minimum atomic E-state index is -0.343. The Morgan fingerprint density at radius 1 is 1.36 bits per heavy atom. The maximum Gasteiger partial charge on any atom is 0.287 e. The molecule has 0 bridgehead atoms. The number of benzene rings is 1. The van der Waals surface area contributed by atoms with Gasteiger partial charge in [-0.15, -0.1) is 0 Å². The Kier molecular flexibility index (Phi) is 4.11. The smallest absolute Gasteiger partial charge is 0.287 e. The molecular formula is C13H10ClN3O2S3. The fourth-order valence-electron chi connectivity index (χ4n) is 2.07. The number of nitrogens with one attached hydrogen (secondary N) is 1. The van der Waals surface area contributed by atoms with Crippen LogP contribution in [0.15, 0.2) is 33.0 Å². The van der Waals surface area contributed by atoms with Crippen molar-refractivity contribution in [2.24, 2.45) is 0 Å². The molecule has 1 aromatic carbocycles. The average Bonchev–Trinajstić information content (AvgIpc) is 2.91. The molecule has 0 spiro atoms. The van der Waals surface area contributed by atoms with Crippen LogP contribution >= 0.6 is 47.3 Å². The fraction of sp³-hybridized carbons (Fsp3) is 0.154. The summed E-state index contributed by atoms with van der Waals surface area (Å²) in [5, 5.41) is 2.52. The number of halogens is 1. The van der Waals surface area contributed by atoms with E-state index in [1.165, 1.54) is 30.4 Å². The monoisotopic (exact) mass is 371 g/mol. The Morgan fingerprint density at radius 3 is 2.77 bits per heavy atom. The largest absolute Gasteiger partial charge is 0.337 e. The number of anilines is 1. The van der Waals surface area contributed by atoms with E-state index in [1.54, 1.807) is 0 Å². The van der Waals surface area contributed by atoms with Gasteiger partial charge in [-0.05, 0) is 42.2 Å². The first-order valence-electron chi connectivity index (χ1n) is 6.17. The zero-order valence-corrected chi connectivity index (χ0v) is 14.8. The van der Waals surface area contributed by atoms with E-state index >= 15 is 0 Å². The number of nitrogens with zero attached hydrogens (tertiary/aromatic N) is 2. The Hall–Kier alpha value is -1.22. The number of hydrazine groups is 1. The topological polar surface area (TPSA) is 52.7 Å². The number of amides is 2. The van der Waals surface area contributed by atoms with E-state index in [1.807, 2.05) is 30.1 Å². The summed E-state index contributed by atoms with van der Waals surface area (Å²) in [7, 11) is 1.87. The van der Waals surface area contributed by atoms with Gasteiger partial charge in [-0.3, -0.25) is 15.0 Å². The molecule has 22 heavy (non-hydrogen) atoms. The van der Waals surface area contributed by atoms with Crippen molar-refractivity contribution in [1.29, 1.82) is 0 Å². The van der Waals surface area contributed by atoms with Crippen LogP contribution in [0, 0.1) is 0 Å². The molecule has 9 heteroatoms. The van der Waals surface area contributed by atoms with E-state index in [4.69, 9.17) is 23.8 Å². The molecule has 0 aliphatic carbocycles. The van der Waals surface area contributed by atoms with Gasteiger partial charge in [-0.25, -0.2) is 0 Å². The number of thioether (sulfide) groups is 2. The number of hydrogen-bond acceptors (Lipinski definition) is 6. The molecule has 0 saturated carbocycles. The van der Waals surface area contributed by atoms with Crippen LogP contribution in [0.2, 0.25) is 5.02 Å². The second-order valence-corrected chi connectivity index (χ2v) is 7.70. The maximum atomic E-state index is 12.5. The Morgan fingerprint density at radius 2 is 2.09 bits per heavy atom. The summed E-state index contributed by atoms with van der Waals surface area (Å²) in [4.78, 5) is 27.1. The van der Waals surface area contributed by atoms with Crippen molar-refractivity contribution in [3.8, 4) is 0 Å². The van der Waals surface area contributed by atoms with Crippen LogP contribution in [0.3, 0.4) is 0 Å². The summed E-state index contributed by atoms with van der Waals surface area (Å²) < 4.78 is 0.311. The average molecular weight is 372 g/mol. The summed E-state index contributed by atoms with van der Waals surface area (Å²) in [6, 6.07) is 5.58. The van der Waals surface area contributed by atoms with E-state index in [-0.39, 0.29) is 11.8 Å². The van der Waals surface area contributed by atoms with Crippen molar-refractivity contribution in [2.45, 2.75) is 11.8 Å². The number of thiocarbonyl (C=S) groups is 1. The standard InChI is InChI=1S/C13H10ClN3O2S3/c1-6(18)15-17-11(19)10(22-13(17)20)12-16(2)8-5-7(14)3-4-9(8)21-12/h3-5H,1-2H3,(H,15,18)/b12-10-. The molecule has 0 atom stereocenters. The van der Waals surface area contributed by atoms with Crippen molar-refractivity contribution < 1.29 is 9.59 Å². The predicted molar refractivity (Wildman–Crippen MR) is 93.6 cm³/mol. The Balaban J connectivity index is 1.98. The minimum absolute atomic E-state index is 0.311. The first-order valence-corrected chi connectivity index (χ1v) is 8.59. The molecular weight excluding hydrogens is 362 g/mol. The molecule has 0 unspecified atom stereocenters. The number of carbonyl (C=O) groups excluding carboxylic acids is 2. The first kappa shape index (κ1) is 15.7. The second kappa shape index (κ2) is 5.77. The molecule has 5 nitrogen and oxygen atoms in total. The van der Waals surface area contributed by atoms with Gasteiger partial charge in [0.05, 0.1) is 10.7 Å². The third-order valence-electron chi connectivity index (χ3n) is 3.03. The summed E-state index contributed by atoms with van der Waals surface area (Å²) in [5.41, 5.74) is 3.38. The van der Waals surface area contributed by atoms with E-state index < -0.39 is 0 Å². The predicted octanol–water partition coefficient (Wildman–Crippen LogP) is 2.96. The lowest BCUT2D eigenvalue weighted by atomic mass is 10.3. The van der Waals surface area contributed by atoms with Crippen LogP contribution in [0.4, 0.5) is 5.69 Å². The van der Waals surface area contributed by atoms with Gasteiger partial charge in [0.1, 0.15) is 4.91 Å². The van der Waals surface area contributed by atoms with Gasteiger partial charge >= 0.3 is 0 Å². The van der Waals surface area contributed by atoms with Gasteiger partial charge in [-0.2, -0.15) is 5.01 Å². The van der Waals surface area contributed by atoms with Crippen molar-refractivity contribution in [3.63, 3.8) is 0 Å². The van der Waals surface area contributed by atoms with E-state index in [0.717, 1.165) is 20.6 Å². The number of carbonyl (C=O) groups is 2. The molecule has 114 valence electrons. The SMILES string of the molecule is CC(=O)NN1C(=O)/C(=C2/Sc3ccc(Cl)cc3N2C)SC1=S. The van der Waals surface area contributed by atoms with Crippen molar-refractivity contribution >= 4 is 69.2 Å². The van der Waals surface area contributed by atoms with Gasteiger partial charge in [0.25, 0.3) is 5.91 Å². The van der Waals surface area contributed by atoms with Crippen LogP contribution in [-0.4, -0.2) is 28.2 Å². The lowest BCUT2D eigenvalue weighted by molar-refractivity contribution is -0.132. The zero-order chi connectivity index (χ0) is 16.0. The quantitative estimate of drug-likeness (QED) is 0.605. The summed E-state index contributed by atoms with van der Waals surface area (Å²) in [6.07, 6.45) is 0. The molecule has 0 aromatic heterocycles. The number of fused-ring (bicyclic) bond motifs is 1. The molecule has 3 rings (SSSR count). The first-order chi connectivity index (χ1) is 10.4. The van der Waals surface area contributed by atoms with Crippen LogP contribution < -0.4 is 10.3 Å². The highest BCUT2D eigenvalue weighted by atomic mass is 35.5. The Labute approximate surface area is 146 Å². The van der Waals surface area contributed by atoms with Crippen LogP contribution in [0.25, 0.3) is 0 Å². The summed E-state index contributed by atoms with van der Waals surface area (Å²) in [6.45, 7) is 1.33. The summed E-state index contributed by atoms with van der Waals surface area (Å²) in [5.74, 6) is -0.663. The lowest BCUT2D eigenvalue weighted by Crippen LogP contribution is -2.43. The Bertz CT molecular complexity index is 750. The van der Waals surface area contributed by atoms with Gasteiger partial charge in [0.2, 0.25) is 5.91 Å². The van der Waals surface area contributed by atoms with Gasteiger partial charge in [0, 0.05) is 23.9 Å². The molecule has 0 radical (unpaired) electrons. The highest BCUT2D eigenvalue weighted by Gasteiger charge is 2.38. The third kappa shape index (κ3) is 2.60. The van der Waals surface area contributed by atoms with Gasteiger partial charge in [0.15, 0.2) is 4.32 Å². The van der Waals surface area contributed by atoms with Gasteiger partial charge < -0.3 is 4.90 Å². The molecule has 2 aliphatic rings. The molecule has 2 heterocycles. The van der Waals surface area contributed by atoms with Gasteiger partial charge in [-0.1, -0.05) is 23.4 Å². The highest BCUT2D eigenvalue weighted by molar-refractivity contribution is 8.27. The number of rotatable bonds is 1. The molecule has 1 N–H and O–H groups in total. The molecule has 2 amide bonds. The molecule has 1 aromatic rings. The van der Waals surface area contributed by atoms with Crippen molar-refractivity contribution in [1.82, 2.24) is 10.4 Å². The molecule has 1 saturated heterocycles. The van der Waals surface area contributed by atoms with Crippen LogP contribution in [-0.2, 0) is 9.59 Å². The fourth-order valence-corrected chi connectivity index (χ4v) is 4.72. The number of hydrogen-bond donors (Lipinski definition) is 1. The van der Waals surface area contributed by atoms with E-state index in [0.29, 0.717) is 14.2 Å². The van der Waals surface area contributed by atoms with Crippen LogP contribution in [0.1, 0.15) is 6.92 Å². The lowest BCUT2D eigenvalue weighted by Gasteiger charge is -2.16. The van der Waals surface area contributed by atoms with E-state index in [2.05, 4.69) is 5.43 Å². The third-order valence-corrected chi connectivity index (χ3v) is 5.99. The highest BCUT2D eigenvalue weighted by Crippen LogP contribution is 2.50. The molecule has 1 fully saturated rings. The maximum absolute atomic E-state index is 12.5. The molecule has 2 aliphatic heterocycles. The second-order valence-electron chi connectivity index (χ2n) is 4.58. The van der Waals surface area contributed by atoms with Crippen LogP contribution in [0.5, 0.6) is 0 Å². The van der Waals surface area contributed by atoms with Crippen molar-refractivity contribution in [2.75, 3.05) is 11.9 Å². The zero-order valence-electron chi connectivity index (χ0n) is 11.5. The van der Waals surface area contributed by atoms with E-state index in [9.17, 15) is 9.59 Å². The normalized spacial score (nSPS) is 20.7.